The highest BCUT2D eigenvalue weighted by molar-refractivity contribution is 9.10. The van der Waals surface area contributed by atoms with Gasteiger partial charge in [-0.3, -0.25) is 0 Å². The highest BCUT2D eigenvalue weighted by atomic mass is 79.9. The molecule has 17 heavy (non-hydrogen) atoms. The zero-order valence-electron chi connectivity index (χ0n) is 10.1. The Labute approximate surface area is 110 Å². The first-order valence-electron chi connectivity index (χ1n) is 5.90. The van der Waals surface area contributed by atoms with Crippen LogP contribution in [0.1, 0.15) is 31.9 Å². The van der Waals surface area contributed by atoms with Crippen LogP contribution in [0.2, 0.25) is 0 Å². The van der Waals surface area contributed by atoms with Crippen LogP contribution in [-0.2, 0) is 0 Å². The topological polar surface area (TPSA) is 38.7 Å². The maximum atomic E-state index is 10.2. The van der Waals surface area contributed by atoms with E-state index in [-0.39, 0.29) is 5.92 Å². The average molecular weight is 301 g/mol. The lowest BCUT2D eigenvalue weighted by Gasteiger charge is -2.23. The first-order valence-corrected chi connectivity index (χ1v) is 6.70. The maximum Gasteiger partial charge on any atom is 0.162 e. The van der Waals surface area contributed by atoms with Crippen LogP contribution >= 0.6 is 15.9 Å². The molecule has 0 aliphatic carbocycles. The second kappa shape index (κ2) is 5.27. The van der Waals surface area contributed by atoms with Crippen molar-refractivity contribution in [2.24, 2.45) is 5.92 Å². The van der Waals surface area contributed by atoms with Gasteiger partial charge in [0.1, 0.15) is 13.2 Å². The van der Waals surface area contributed by atoms with E-state index >= 15 is 0 Å². The Morgan fingerprint density at radius 3 is 2.47 bits per heavy atom. The summed E-state index contributed by atoms with van der Waals surface area (Å²) in [6, 6.07) is 3.74. The molecular formula is C13H17BrO3. The summed E-state index contributed by atoms with van der Waals surface area (Å²) in [5, 5.41) is 10.2. The molecule has 0 saturated heterocycles. The summed E-state index contributed by atoms with van der Waals surface area (Å²) >= 11 is 3.48. The minimum absolute atomic E-state index is 0.217. The Hall–Kier alpha value is -0.740. The number of aliphatic hydroxyl groups is 1. The van der Waals surface area contributed by atoms with Crippen molar-refractivity contribution in [1.82, 2.24) is 0 Å². The van der Waals surface area contributed by atoms with Crippen molar-refractivity contribution in [2.45, 2.75) is 26.4 Å². The van der Waals surface area contributed by atoms with Gasteiger partial charge in [-0.15, -0.1) is 0 Å². The van der Waals surface area contributed by atoms with Crippen LogP contribution in [0.25, 0.3) is 0 Å². The normalized spacial score (nSPS) is 17.6. The van der Waals surface area contributed by atoms with Gasteiger partial charge < -0.3 is 14.6 Å². The second-order valence-electron chi connectivity index (χ2n) is 4.35. The van der Waals surface area contributed by atoms with Crippen LogP contribution in [0, 0.1) is 5.92 Å². The van der Waals surface area contributed by atoms with Crippen molar-refractivity contribution < 1.29 is 14.6 Å². The van der Waals surface area contributed by atoms with E-state index in [1.54, 1.807) is 0 Å². The summed E-state index contributed by atoms with van der Waals surface area (Å²) in [7, 11) is 0. The smallest absolute Gasteiger partial charge is 0.162 e. The predicted molar refractivity (Wildman–Crippen MR) is 69.5 cm³/mol. The molecule has 2 unspecified atom stereocenters. The fraction of sp³-hybridized carbons (Fsp3) is 0.538. The Morgan fingerprint density at radius 2 is 1.88 bits per heavy atom. The highest BCUT2D eigenvalue weighted by Crippen LogP contribution is 2.39. The van der Waals surface area contributed by atoms with Crippen molar-refractivity contribution in [2.75, 3.05) is 13.2 Å². The largest absolute Gasteiger partial charge is 0.486 e. The Morgan fingerprint density at radius 1 is 1.29 bits per heavy atom. The molecule has 1 aliphatic heterocycles. The van der Waals surface area contributed by atoms with Crippen molar-refractivity contribution in [3.8, 4) is 11.5 Å². The van der Waals surface area contributed by atoms with E-state index in [1.807, 2.05) is 19.1 Å². The molecule has 2 rings (SSSR count). The summed E-state index contributed by atoms with van der Waals surface area (Å²) in [6.07, 6.45) is 0.451. The maximum absolute atomic E-state index is 10.2. The molecule has 0 aromatic heterocycles. The van der Waals surface area contributed by atoms with Crippen LogP contribution in [0.4, 0.5) is 0 Å². The predicted octanol–water partition coefficient (Wildman–Crippen LogP) is 3.30. The molecular weight excluding hydrogens is 284 g/mol. The quantitative estimate of drug-likeness (QED) is 0.931. The van der Waals surface area contributed by atoms with Gasteiger partial charge in [0.25, 0.3) is 0 Å². The number of rotatable bonds is 3. The second-order valence-corrected chi connectivity index (χ2v) is 5.20. The minimum Gasteiger partial charge on any atom is -0.486 e. The van der Waals surface area contributed by atoms with Crippen LogP contribution in [0.5, 0.6) is 11.5 Å². The third kappa shape index (κ3) is 2.58. The lowest BCUT2D eigenvalue weighted by atomic mass is 9.95. The number of hydrogen-bond donors (Lipinski definition) is 1. The third-order valence-electron chi connectivity index (χ3n) is 3.16. The van der Waals surface area contributed by atoms with Crippen LogP contribution in [0.15, 0.2) is 16.6 Å². The van der Waals surface area contributed by atoms with Crippen molar-refractivity contribution in [3.63, 3.8) is 0 Å². The number of fused-ring (bicyclic) bond motifs is 1. The van der Waals surface area contributed by atoms with Crippen molar-refractivity contribution in [1.29, 1.82) is 0 Å². The lowest BCUT2D eigenvalue weighted by molar-refractivity contribution is 0.113. The van der Waals surface area contributed by atoms with E-state index < -0.39 is 6.10 Å². The molecule has 0 bridgehead atoms. The molecule has 3 nitrogen and oxygen atoms in total. The third-order valence-corrected chi connectivity index (χ3v) is 3.85. The Bertz CT molecular complexity index is 406. The molecule has 4 heteroatoms. The van der Waals surface area contributed by atoms with Gasteiger partial charge in [0.2, 0.25) is 0 Å². The molecule has 0 saturated carbocycles. The molecule has 1 heterocycles. The molecule has 0 amide bonds. The summed E-state index contributed by atoms with van der Waals surface area (Å²) in [5.74, 6) is 1.67. The highest BCUT2D eigenvalue weighted by Gasteiger charge is 2.21. The van der Waals surface area contributed by atoms with E-state index in [0.29, 0.717) is 13.2 Å². The van der Waals surface area contributed by atoms with Gasteiger partial charge in [0.05, 0.1) is 6.10 Å². The van der Waals surface area contributed by atoms with E-state index in [2.05, 4.69) is 22.9 Å². The number of hydrogen-bond acceptors (Lipinski definition) is 3. The fourth-order valence-corrected chi connectivity index (χ4v) is 2.39. The first kappa shape index (κ1) is 12.7. The first-order chi connectivity index (χ1) is 8.13. The van der Waals surface area contributed by atoms with E-state index in [4.69, 9.17) is 9.47 Å². The molecule has 94 valence electrons. The summed E-state index contributed by atoms with van der Waals surface area (Å²) < 4.78 is 11.9. The van der Waals surface area contributed by atoms with Crippen molar-refractivity contribution >= 4 is 15.9 Å². The number of aliphatic hydroxyl groups excluding tert-OH is 1. The Kier molecular flexibility index (Phi) is 3.94. The average Bonchev–Trinajstić information content (AvgIpc) is 2.36. The zero-order valence-corrected chi connectivity index (χ0v) is 11.7. The van der Waals surface area contributed by atoms with Gasteiger partial charge in [0.15, 0.2) is 11.5 Å². The number of halogens is 1. The van der Waals surface area contributed by atoms with Gasteiger partial charge in [-0.25, -0.2) is 0 Å². The van der Waals surface area contributed by atoms with Gasteiger partial charge in [-0.1, -0.05) is 36.2 Å². The summed E-state index contributed by atoms with van der Waals surface area (Å²) in [5.41, 5.74) is 0.864. The number of benzene rings is 1. The van der Waals surface area contributed by atoms with Gasteiger partial charge in [-0.05, 0) is 23.6 Å². The van der Waals surface area contributed by atoms with Gasteiger partial charge in [-0.2, -0.15) is 0 Å². The molecule has 0 radical (unpaired) electrons. The molecule has 0 fully saturated rings. The van der Waals surface area contributed by atoms with E-state index in [1.165, 1.54) is 0 Å². The van der Waals surface area contributed by atoms with E-state index in [0.717, 1.165) is 28.0 Å². The van der Waals surface area contributed by atoms with Crippen LogP contribution in [-0.4, -0.2) is 18.3 Å². The monoisotopic (exact) mass is 300 g/mol. The number of ether oxygens (including phenoxy) is 2. The van der Waals surface area contributed by atoms with Crippen molar-refractivity contribution in [3.05, 3.63) is 22.2 Å². The zero-order chi connectivity index (χ0) is 12.4. The molecule has 1 aromatic rings. The van der Waals surface area contributed by atoms with Gasteiger partial charge >= 0.3 is 0 Å². The molecule has 1 aromatic carbocycles. The lowest BCUT2D eigenvalue weighted by Crippen LogP contribution is -2.16. The molecule has 1 aliphatic rings. The summed E-state index contributed by atoms with van der Waals surface area (Å²) in [6.45, 7) is 5.24. The van der Waals surface area contributed by atoms with Crippen LogP contribution < -0.4 is 9.47 Å². The molecule has 1 N–H and O–H groups in total. The fourth-order valence-electron chi connectivity index (χ4n) is 1.84. The van der Waals surface area contributed by atoms with Crippen LogP contribution in [0.3, 0.4) is 0 Å². The SMILES string of the molecule is CCC(C)C(O)c1cc2c(cc1Br)OCCO2. The standard InChI is InChI=1S/C13H17BrO3/c1-3-8(2)13(15)9-6-11-12(7-10(9)14)17-5-4-16-11/h6-8,13,15H,3-5H2,1-2H3. The van der Waals surface area contributed by atoms with Gasteiger partial charge in [0, 0.05) is 4.47 Å². The molecule has 2 atom stereocenters. The Balaban J connectivity index is 2.34. The summed E-state index contributed by atoms with van der Waals surface area (Å²) in [4.78, 5) is 0. The molecule has 0 spiro atoms. The van der Waals surface area contributed by atoms with E-state index in [9.17, 15) is 5.11 Å². The minimum atomic E-state index is -0.481.